The molecule has 1 unspecified atom stereocenters. The van der Waals surface area contributed by atoms with Crippen molar-refractivity contribution in [1.29, 1.82) is 0 Å². The van der Waals surface area contributed by atoms with E-state index in [1.807, 2.05) is 6.92 Å². The molecule has 0 rings (SSSR count). The number of carbonyl (C=O) groups excluding carboxylic acids is 2. The molecule has 0 spiro atoms. The van der Waals surface area contributed by atoms with E-state index in [-0.39, 0.29) is 31.1 Å². The summed E-state index contributed by atoms with van der Waals surface area (Å²) in [5.74, 6) is -2.32. The number of aliphatic carboxylic acids is 2. The first-order chi connectivity index (χ1) is 14.4. The first kappa shape index (κ1) is 27.9. The van der Waals surface area contributed by atoms with Gasteiger partial charge in [-0.1, -0.05) is 58.3 Å². The monoisotopic (exact) mass is 428 g/mol. The fraction of sp³-hybridized carbons (Fsp3) is 0.818. The van der Waals surface area contributed by atoms with Crippen LogP contribution in [0.25, 0.3) is 0 Å². The van der Waals surface area contributed by atoms with E-state index in [1.165, 1.54) is 0 Å². The van der Waals surface area contributed by atoms with Gasteiger partial charge in [0.1, 0.15) is 6.04 Å². The molecule has 0 saturated carbocycles. The van der Waals surface area contributed by atoms with Crippen LogP contribution in [0.4, 0.5) is 0 Å². The van der Waals surface area contributed by atoms with Crippen molar-refractivity contribution in [2.24, 2.45) is 0 Å². The number of carbonyl (C=O) groups is 4. The molecule has 8 heteroatoms. The third-order valence-electron chi connectivity index (χ3n) is 4.91. The van der Waals surface area contributed by atoms with Crippen molar-refractivity contribution < 1.29 is 29.4 Å². The second-order valence-corrected chi connectivity index (χ2v) is 7.78. The summed E-state index contributed by atoms with van der Waals surface area (Å²) in [6, 6.07) is -1.03. The summed E-state index contributed by atoms with van der Waals surface area (Å²) in [7, 11) is 0. The summed E-state index contributed by atoms with van der Waals surface area (Å²) in [5, 5.41) is 23.0. The SMILES string of the molecule is CCCNC(=O)CCC(NC(=O)CCCCCCCCCCCCC(=O)O)C(=O)O. The molecule has 0 aromatic carbocycles. The number of nitrogens with one attached hydrogen (secondary N) is 2. The lowest BCUT2D eigenvalue weighted by Crippen LogP contribution is -2.41. The normalized spacial score (nSPS) is 11.6. The summed E-state index contributed by atoms with van der Waals surface area (Å²) in [6.45, 7) is 2.50. The number of amides is 2. The van der Waals surface area contributed by atoms with Crippen LogP contribution in [0.3, 0.4) is 0 Å². The molecule has 0 fully saturated rings. The van der Waals surface area contributed by atoms with Crippen LogP contribution in [-0.4, -0.2) is 46.6 Å². The van der Waals surface area contributed by atoms with Crippen molar-refractivity contribution in [3.63, 3.8) is 0 Å². The Labute approximate surface area is 180 Å². The molecule has 0 aromatic rings. The van der Waals surface area contributed by atoms with E-state index in [0.29, 0.717) is 13.0 Å². The largest absolute Gasteiger partial charge is 0.481 e. The average molecular weight is 429 g/mol. The van der Waals surface area contributed by atoms with Gasteiger partial charge in [0, 0.05) is 25.8 Å². The van der Waals surface area contributed by atoms with Gasteiger partial charge in [-0.15, -0.1) is 0 Å². The number of carboxylic acids is 2. The molecule has 0 aliphatic heterocycles. The Kier molecular flexibility index (Phi) is 17.5. The quantitative estimate of drug-likeness (QED) is 0.219. The summed E-state index contributed by atoms with van der Waals surface area (Å²) in [5.41, 5.74) is 0. The van der Waals surface area contributed by atoms with Gasteiger partial charge in [0.15, 0.2) is 0 Å². The van der Waals surface area contributed by atoms with Crippen molar-refractivity contribution in [2.75, 3.05) is 6.54 Å². The third-order valence-corrected chi connectivity index (χ3v) is 4.91. The maximum atomic E-state index is 12.0. The Bertz CT molecular complexity index is 510. The average Bonchev–Trinajstić information content (AvgIpc) is 2.69. The van der Waals surface area contributed by atoms with Gasteiger partial charge in [0.25, 0.3) is 0 Å². The van der Waals surface area contributed by atoms with Crippen LogP contribution in [0, 0.1) is 0 Å². The molecule has 4 N–H and O–H groups in total. The van der Waals surface area contributed by atoms with E-state index in [9.17, 15) is 24.3 Å². The lowest BCUT2D eigenvalue weighted by Gasteiger charge is -2.14. The first-order valence-corrected chi connectivity index (χ1v) is 11.4. The molecule has 1 atom stereocenters. The third kappa shape index (κ3) is 17.9. The van der Waals surface area contributed by atoms with Gasteiger partial charge in [0.2, 0.25) is 11.8 Å². The van der Waals surface area contributed by atoms with Gasteiger partial charge >= 0.3 is 11.9 Å². The lowest BCUT2D eigenvalue weighted by molar-refractivity contribution is -0.142. The smallest absolute Gasteiger partial charge is 0.326 e. The molecule has 174 valence electrons. The fourth-order valence-electron chi connectivity index (χ4n) is 3.13. The Hall–Kier alpha value is -2.12. The van der Waals surface area contributed by atoms with E-state index >= 15 is 0 Å². The van der Waals surface area contributed by atoms with Gasteiger partial charge < -0.3 is 20.8 Å². The number of hydrogen-bond donors (Lipinski definition) is 4. The van der Waals surface area contributed by atoms with Crippen molar-refractivity contribution >= 4 is 23.8 Å². The minimum atomic E-state index is -1.12. The zero-order valence-electron chi connectivity index (χ0n) is 18.4. The van der Waals surface area contributed by atoms with Crippen LogP contribution in [-0.2, 0) is 19.2 Å². The molecule has 0 bridgehead atoms. The number of rotatable bonds is 20. The molecule has 0 aliphatic rings. The summed E-state index contributed by atoms with van der Waals surface area (Å²) < 4.78 is 0. The second kappa shape index (κ2) is 18.9. The first-order valence-electron chi connectivity index (χ1n) is 11.4. The fourth-order valence-corrected chi connectivity index (χ4v) is 3.13. The molecular formula is C22H40N2O6. The van der Waals surface area contributed by atoms with Crippen molar-refractivity contribution in [3.8, 4) is 0 Å². The maximum Gasteiger partial charge on any atom is 0.326 e. The van der Waals surface area contributed by atoms with Crippen molar-refractivity contribution in [1.82, 2.24) is 10.6 Å². The summed E-state index contributed by atoms with van der Waals surface area (Å²) in [4.78, 5) is 45.2. The topological polar surface area (TPSA) is 133 Å². The predicted molar refractivity (Wildman–Crippen MR) is 115 cm³/mol. The highest BCUT2D eigenvalue weighted by molar-refractivity contribution is 5.84. The van der Waals surface area contributed by atoms with E-state index in [4.69, 9.17) is 5.11 Å². The van der Waals surface area contributed by atoms with Crippen LogP contribution in [0.1, 0.15) is 103 Å². The Balaban J connectivity index is 3.68. The summed E-state index contributed by atoms with van der Waals surface area (Å²) in [6.07, 6.45) is 11.6. The zero-order chi connectivity index (χ0) is 22.6. The second-order valence-electron chi connectivity index (χ2n) is 7.78. The maximum absolute atomic E-state index is 12.0. The molecular weight excluding hydrogens is 388 g/mol. The van der Waals surface area contributed by atoms with Crippen molar-refractivity contribution in [3.05, 3.63) is 0 Å². The van der Waals surface area contributed by atoms with Crippen LogP contribution < -0.4 is 10.6 Å². The van der Waals surface area contributed by atoms with Gasteiger partial charge in [-0.05, 0) is 25.7 Å². The molecule has 0 saturated heterocycles. The Morgan fingerprint density at radius 2 is 1.20 bits per heavy atom. The van der Waals surface area contributed by atoms with Gasteiger partial charge in [-0.2, -0.15) is 0 Å². The molecule has 0 aliphatic carbocycles. The molecule has 0 aromatic heterocycles. The van der Waals surface area contributed by atoms with Gasteiger partial charge in [0.05, 0.1) is 0 Å². The minimum absolute atomic E-state index is 0.0802. The Morgan fingerprint density at radius 1 is 0.700 bits per heavy atom. The highest BCUT2D eigenvalue weighted by Gasteiger charge is 2.20. The minimum Gasteiger partial charge on any atom is -0.481 e. The van der Waals surface area contributed by atoms with Crippen LogP contribution in [0.2, 0.25) is 0 Å². The van der Waals surface area contributed by atoms with Crippen LogP contribution in [0.5, 0.6) is 0 Å². The molecule has 0 radical (unpaired) electrons. The van der Waals surface area contributed by atoms with Crippen molar-refractivity contribution in [2.45, 2.75) is 109 Å². The van der Waals surface area contributed by atoms with E-state index in [1.54, 1.807) is 0 Å². The number of unbranched alkanes of at least 4 members (excludes halogenated alkanes) is 9. The van der Waals surface area contributed by atoms with Gasteiger partial charge in [-0.25, -0.2) is 4.79 Å². The van der Waals surface area contributed by atoms with E-state index in [2.05, 4.69) is 10.6 Å². The molecule has 8 nitrogen and oxygen atoms in total. The number of carboxylic acid groups (broad SMARTS) is 2. The van der Waals surface area contributed by atoms with Gasteiger partial charge in [-0.3, -0.25) is 14.4 Å². The van der Waals surface area contributed by atoms with Crippen LogP contribution in [0.15, 0.2) is 0 Å². The summed E-state index contributed by atoms with van der Waals surface area (Å²) >= 11 is 0. The number of hydrogen-bond acceptors (Lipinski definition) is 4. The molecule has 0 heterocycles. The standard InChI is InChI=1S/C22H40N2O6/c1-2-17-23-19(25)16-15-18(22(29)30)24-20(26)13-11-9-7-5-3-4-6-8-10-12-14-21(27)28/h18H,2-17H2,1H3,(H,23,25)(H,24,26)(H,27,28)(H,29,30). The highest BCUT2D eigenvalue weighted by atomic mass is 16.4. The van der Waals surface area contributed by atoms with Crippen LogP contribution >= 0.6 is 0 Å². The Morgan fingerprint density at radius 3 is 1.67 bits per heavy atom. The molecule has 2 amide bonds. The highest BCUT2D eigenvalue weighted by Crippen LogP contribution is 2.12. The van der Waals surface area contributed by atoms with E-state index in [0.717, 1.165) is 70.6 Å². The predicted octanol–water partition coefficient (Wildman–Crippen LogP) is 3.63. The zero-order valence-corrected chi connectivity index (χ0v) is 18.4. The molecule has 30 heavy (non-hydrogen) atoms. The lowest BCUT2D eigenvalue weighted by atomic mass is 10.0. The van der Waals surface area contributed by atoms with E-state index < -0.39 is 18.0 Å².